The van der Waals surface area contributed by atoms with E-state index in [9.17, 15) is 0 Å². The molecule has 1 rings (SSSR count). The first kappa shape index (κ1) is 8.62. The van der Waals surface area contributed by atoms with Crippen LogP contribution in [0, 0.1) is 0 Å². The Labute approximate surface area is 81.6 Å². The van der Waals surface area contributed by atoms with Gasteiger partial charge in [-0.3, -0.25) is 0 Å². The van der Waals surface area contributed by atoms with Gasteiger partial charge in [-0.15, -0.1) is 0 Å². The van der Waals surface area contributed by atoms with E-state index in [0.717, 1.165) is 21.6 Å². The molecule has 0 aromatic heterocycles. The van der Waals surface area contributed by atoms with E-state index < -0.39 is 0 Å². The van der Waals surface area contributed by atoms with Crippen molar-refractivity contribution in [3.63, 3.8) is 0 Å². The van der Waals surface area contributed by atoms with E-state index in [1.165, 1.54) is 0 Å². The van der Waals surface area contributed by atoms with E-state index in [-0.39, 0.29) is 4.83 Å². The molecule has 0 aromatic carbocycles. The Morgan fingerprint density at radius 3 is 2.80 bits per heavy atom. The van der Waals surface area contributed by atoms with Crippen molar-refractivity contribution in [1.29, 1.82) is 0 Å². The van der Waals surface area contributed by atoms with Crippen molar-refractivity contribution in [3.8, 4) is 0 Å². The number of hydrogen-bond acceptors (Lipinski definition) is 1. The first-order chi connectivity index (χ1) is 4.61. The lowest BCUT2D eigenvalue weighted by Crippen LogP contribution is -2.15. The molecule has 1 unspecified atom stereocenters. The van der Waals surface area contributed by atoms with Crippen molar-refractivity contribution in [2.24, 2.45) is 5.73 Å². The Morgan fingerprint density at radius 1 is 1.70 bits per heavy atom. The molecule has 10 heavy (non-hydrogen) atoms. The third-order valence-electron chi connectivity index (χ3n) is 1.27. The molecule has 0 spiro atoms. The summed E-state index contributed by atoms with van der Waals surface area (Å²) in [4.78, 5) is 0.180. The zero-order valence-corrected chi connectivity index (χ0v) is 9.00. The number of halogens is 3. The quantitative estimate of drug-likeness (QED) is 0.681. The van der Waals surface area contributed by atoms with Gasteiger partial charge in [0.1, 0.15) is 0 Å². The number of allylic oxidation sites excluding steroid dienone is 4. The highest BCUT2D eigenvalue weighted by Crippen LogP contribution is 2.31. The minimum Gasteiger partial charge on any atom is -0.400 e. The molecule has 0 aliphatic heterocycles. The molecule has 0 saturated heterocycles. The zero-order valence-electron chi connectivity index (χ0n) is 5.07. The summed E-state index contributed by atoms with van der Waals surface area (Å²) in [7, 11) is 0. The molecule has 1 aliphatic rings. The van der Waals surface area contributed by atoms with Crippen LogP contribution in [0.5, 0.6) is 0 Å². The van der Waals surface area contributed by atoms with Gasteiger partial charge in [0.25, 0.3) is 0 Å². The second-order valence-electron chi connectivity index (χ2n) is 2.07. The van der Waals surface area contributed by atoms with Crippen LogP contribution in [0.1, 0.15) is 6.42 Å². The Hall–Kier alpha value is 0.530. The summed E-state index contributed by atoms with van der Waals surface area (Å²) < 4.78 is 0.880. The lowest BCUT2D eigenvalue weighted by molar-refractivity contribution is 0.962. The average molecular weight is 287 g/mol. The van der Waals surface area contributed by atoms with Gasteiger partial charge in [-0.05, 0) is 22.0 Å². The van der Waals surface area contributed by atoms with Crippen LogP contribution in [-0.2, 0) is 0 Å². The van der Waals surface area contributed by atoms with Gasteiger partial charge in [0.15, 0.2) is 0 Å². The largest absolute Gasteiger partial charge is 0.400 e. The molecule has 4 heteroatoms. The standard InChI is InChI=1S/C6H6Br2ClN/c7-4-1-3(9)2-5(8)6(4)10/h1,5H,2,10H2. The number of hydrogen-bond donors (Lipinski definition) is 1. The smallest absolute Gasteiger partial charge is 0.0600 e. The summed E-state index contributed by atoms with van der Waals surface area (Å²) in [6.45, 7) is 0. The third-order valence-corrected chi connectivity index (χ3v) is 3.04. The van der Waals surface area contributed by atoms with E-state index in [4.69, 9.17) is 17.3 Å². The van der Waals surface area contributed by atoms with E-state index in [1.54, 1.807) is 0 Å². The maximum absolute atomic E-state index is 5.78. The molecule has 0 heterocycles. The normalized spacial score (nSPS) is 26.7. The maximum Gasteiger partial charge on any atom is 0.0600 e. The molecule has 56 valence electrons. The third kappa shape index (κ3) is 1.77. The molecule has 0 aromatic rings. The van der Waals surface area contributed by atoms with Gasteiger partial charge < -0.3 is 5.73 Å². The Balaban J connectivity index is 2.92. The summed E-state index contributed by atoms with van der Waals surface area (Å²) in [5, 5.41) is 0.822. The summed E-state index contributed by atoms with van der Waals surface area (Å²) >= 11 is 12.5. The maximum atomic E-state index is 5.78. The molecule has 2 N–H and O–H groups in total. The first-order valence-electron chi connectivity index (χ1n) is 2.76. The van der Waals surface area contributed by atoms with E-state index in [1.807, 2.05) is 6.08 Å². The van der Waals surface area contributed by atoms with Crippen molar-refractivity contribution in [1.82, 2.24) is 0 Å². The number of rotatable bonds is 0. The lowest BCUT2D eigenvalue weighted by Gasteiger charge is -2.15. The zero-order chi connectivity index (χ0) is 7.72. The minimum atomic E-state index is 0.180. The van der Waals surface area contributed by atoms with Crippen molar-refractivity contribution < 1.29 is 0 Å². The predicted molar refractivity (Wildman–Crippen MR) is 51.4 cm³/mol. The van der Waals surface area contributed by atoms with Gasteiger partial charge in [0.2, 0.25) is 0 Å². The SMILES string of the molecule is NC1=C(Br)C=C(Cl)CC1Br. The van der Waals surface area contributed by atoms with Gasteiger partial charge >= 0.3 is 0 Å². The van der Waals surface area contributed by atoms with Crippen LogP contribution in [0.4, 0.5) is 0 Å². The summed E-state index contributed by atoms with van der Waals surface area (Å²) in [6.07, 6.45) is 2.61. The molecule has 0 amide bonds. The Kier molecular flexibility index (Phi) is 2.83. The van der Waals surface area contributed by atoms with Crippen LogP contribution >= 0.6 is 43.5 Å². The highest BCUT2D eigenvalue weighted by molar-refractivity contribution is 9.12. The van der Waals surface area contributed by atoms with E-state index >= 15 is 0 Å². The van der Waals surface area contributed by atoms with Gasteiger partial charge in [0, 0.05) is 21.6 Å². The summed E-state index contributed by atoms with van der Waals surface area (Å²) in [5.74, 6) is 0. The lowest BCUT2D eigenvalue weighted by atomic mass is 10.1. The fourth-order valence-corrected chi connectivity index (χ4v) is 2.75. The highest BCUT2D eigenvalue weighted by atomic mass is 79.9. The highest BCUT2D eigenvalue weighted by Gasteiger charge is 2.16. The molecule has 0 saturated carbocycles. The number of alkyl halides is 1. The van der Waals surface area contributed by atoms with E-state index in [0.29, 0.717) is 0 Å². The van der Waals surface area contributed by atoms with Gasteiger partial charge in [0.05, 0.1) is 4.83 Å². The van der Waals surface area contributed by atoms with Gasteiger partial charge in [-0.2, -0.15) is 0 Å². The molecular weight excluding hydrogens is 281 g/mol. The molecule has 1 aliphatic carbocycles. The average Bonchev–Trinajstić information content (AvgIpc) is 1.82. The van der Waals surface area contributed by atoms with Crippen molar-refractivity contribution in [3.05, 3.63) is 21.3 Å². The fourth-order valence-electron chi connectivity index (χ4n) is 0.711. The molecule has 1 atom stereocenters. The van der Waals surface area contributed by atoms with Gasteiger partial charge in [-0.25, -0.2) is 0 Å². The molecule has 0 bridgehead atoms. The van der Waals surface area contributed by atoms with Crippen LogP contribution in [0.25, 0.3) is 0 Å². The van der Waals surface area contributed by atoms with Crippen LogP contribution in [-0.4, -0.2) is 4.83 Å². The predicted octanol–water partition coefficient (Wildman–Crippen LogP) is 2.84. The van der Waals surface area contributed by atoms with Crippen molar-refractivity contribution in [2.45, 2.75) is 11.2 Å². The van der Waals surface area contributed by atoms with Crippen LogP contribution in [0.3, 0.4) is 0 Å². The molecule has 1 nitrogen and oxygen atoms in total. The minimum absolute atomic E-state index is 0.180. The second-order valence-corrected chi connectivity index (χ2v) is 4.51. The molecule has 0 radical (unpaired) electrons. The van der Waals surface area contributed by atoms with Crippen molar-refractivity contribution >= 4 is 43.5 Å². The van der Waals surface area contributed by atoms with E-state index in [2.05, 4.69) is 31.9 Å². The van der Waals surface area contributed by atoms with Crippen LogP contribution in [0.15, 0.2) is 21.3 Å². The first-order valence-corrected chi connectivity index (χ1v) is 4.85. The molecule has 0 fully saturated rings. The topological polar surface area (TPSA) is 26.0 Å². The van der Waals surface area contributed by atoms with Crippen LogP contribution < -0.4 is 5.73 Å². The van der Waals surface area contributed by atoms with Crippen LogP contribution in [0.2, 0.25) is 0 Å². The van der Waals surface area contributed by atoms with Crippen molar-refractivity contribution in [2.75, 3.05) is 0 Å². The Bertz CT molecular complexity index is 210. The fraction of sp³-hybridized carbons (Fsp3) is 0.333. The summed E-state index contributed by atoms with van der Waals surface area (Å²) in [6, 6.07) is 0. The summed E-state index contributed by atoms with van der Waals surface area (Å²) in [5.41, 5.74) is 6.48. The van der Waals surface area contributed by atoms with Gasteiger partial charge in [-0.1, -0.05) is 27.5 Å². The second kappa shape index (κ2) is 3.28. The monoisotopic (exact) mass is 285 g/mol. The Morgan fingerprint density at radius 2 is 2.30 bits per heavy atom. The molecular formula is C6H6Br2ClN. The number of nitrogens with two attached hydrogens (primary N) is 1.